The van der Waals surface area contributed by atoms with Crippen molar-refractivity contribution in [1.29, 1.82) is 0 Å². The van der Waals surface area contributed by atoms with Gasteiger partial charge in [0.15, 0.2) is 11.5 Å². The van der Waals surface area contributed by atoms with E-state index in [0.29, 0.717) is 54.8 Å². The van der Waals surface area contributed by atoms with Crippen LogP contribution in [0, 0.1) is 5.82 Å². The minimum atomic E-state index is -0.338. The van der Waals surface area contributed by atoms with Gasteiger partial charge in [0, 0.05) is 18.3 Å². The summed E-state index contributed by atoms with van der Waals surface area (Å²) < 4.78 is 31.5. The lowest BCUT2D eigenvalue weighted by Gasteiger charge is -2.13. The van der Waals surface area contributed by atoms with Crippen molar-refractivity contribution >= 4 is 5.91 Å². The maximum absolute atomic E-state index is 13.2. The van der Waals surface area contributed by atoms with Crippen molar-refractivity contribution in [2.45, 2.75) is 26.8 Å². The molecule has 182 valence electrons. The molecule has 0 aliphatic heterocycles. The zero-order chi connectivity index (χ0) is 24.6. The summed E-state index contributed by atoms with van der Waals surface area (Å²) >= 11 is 0. The minimum Gasteiger partial charge on any atom is -0.490 e. The maximum Gasteiger partial charge on any atom is 0.274 e. The molecule has 0 radical (unpaired) electrons. The van der Waals surface area contributed by atoms with E-state index in [1.54, 1.807) is 35.0 Å². The molecule has 0 bridgehead atoms. The molecule has 0 fully saturated rings. The molecule has 0 spiro atoms. The molecule has 8 nitrogen and oxygen atoms in total. The lowest BCUT2D eigenvalue weighted by atomic mass is 10.1. The molecular formula is C26H27FN4O4. The highest BCUT2D eigenvalue weighted by molar-refractivity contribution is 5.76. The van der Waals surface area contributed by atoms with Crippen molar-refractivity contribution in [1.82, 2.24) is 20.0 Å². The van der Waals surface area contributed by atoms with Crippen molar-refractivity contribution in [3.05, 3.63) is 72.2 Å². The molecule has 0 unspecified atom stereocenters. The van der Waals surface area contributed by atoms with Gasteiger partial charge in [-0.15, -0.1) is 0 Å². The van der Waals surface area contributed by atoms with Crippen LogP contribution in [0.2, 0.25) is 0 Å². The largest absolute Gasteiger partial charge is 0.490 e. The first kappa shape index (κ1) is 24.0. The smallest absolute Gasteiger partial charge is 0.274 e. The van der Waals surface area contributed by atoms with Crippen molar-refractivity contribution < 1.29 is 23.2 Å². The molecule has 2 aromatic carbocycles. The van der Waals surface area contributed by atoms with Gasteiger partial charge in [-0.05, 0) is 74.4 Å². The average molecular weight is 479 g/mol. The second kappa shape index (κ2) is 11.3. The number of nitrogens with zero attached hydrogens (tertiary/aromatic N) is 3. The Labute approximate surface area is 202 Å². The summed E-state index contributed by atoms with van der Waals surface area (Å²) in [7, 11) is 0. The van der Waals surface area contributed by atoms with Crippen molar-refractivity contribution in [3.63, 3.8) is 0 Å². The van der Waals surface area contributed by atoms with Gasteiger partial charge in [0.2, 0.25) is 11.7 Å². The normalized spacial score (nSPS) is 10.8. The van der Waals surface area contributed by atoms with Crippen molar-refractivity contribution in [2.24, 2.45) is 0 Å². The number of ether oxygens (including phenoxy) is 2. The van der Waals surface area contributed by atoms with Crippen LogP contribution in [0.15, 0.2) is 65.3 Å². The summed E-state index contributed by atoms with van der Waals surface area (Å²) in [6, 6.07) is 15.2. The predicted octanol–water partition coefficient (Wildman–Crippen LogP) is 4.50. The van der Waals surface area contributed by atoms with Crippen LogP contribution in [0.5, 0.6) is 11.5 Å². The summed E-state index contributed by atoms with van der Waals surface area (Å²) in [4.78, 5) is 17.0. The number of amides is 1. The lowest BCUT2D eigenvalue weighted by Crippen LogP contribution is -2.29. The third-order valence-electron chi connectivity index (χ3n) is 5.23. The molecule has 1 amide bonds. The van der Waals surface area contributed by atoms with Crippen LogP contribution in [-0.2, 0) is 17.8 Å². The first-order valence-electron chi connectivity index (χ1n) is 11.5. The number of rotatable bonds is 11. The van der Waals surface area contributed by atoms with Crippen LogP contribution >= 0.6 is 0 Å². The molecular weight excluding hydrogens is 451 g/mol. The first-order valence-corrected chi connectivity index (χ1v) is 11.5. The molecule has 0 saturated heterocycles. The van der Waals surface area contributed by atoms with E-state index in [9.17, 15) is 9.18 Å². The van der Waals surface area contributed by atoms with Gasteiger partial charge in [-0.25, -0.2) is 4.39 Å². The van der Waals surface area contributed by atoms with Crippen molar-refractivity contribution in [3.8, 4) is 34.5 Å². The van der Waals surface area contributed by atoms with E-state index < -0.39 is 0 Å². The zero-order valence-corrected chi connectivity index (χ0v) is 19.7. The number of halogens is 1. The Balaban J connectivity index is 1.34. The fraction of sp³-hybridized carbons (Fsp3) is 0.269. The fourth-order valence-electron chi connectivity index (χ4n) is 3.60. The predicted molar refractivity (Wildman–Crippen MR) is 129 cm³/mol. The fourth-order valence-corrected chi connectivity index (χ4v) is 3.60. The Hall–Kier alpha value is -4.14. The van der Waals surface area contributed by atoms with Gasteiger partial charge in [-0.2, -0.15) is 4.98 Å². The molecule has 0 aliphatic rings. The topological polar surface area (TPSA) is 91.4 Å². The number of carbonyl (C=O) groups excluding carboxylic acids is 1. The van der Waals surface area contributed by atoms with Gasteiger partial charge < -0.3 is 23.9 Å². The van der Waals surface area contributed by atoms with Crippen LogP contribution < -0.4 is 14.8 Å². The minimum absolute atomic E-state index is 0.101. The van der Waals surface area contributed by atoms with E-state index in [2.05, 4.69) is 15.5 Å². The molecule has 4 rings (SSSR count). The van der Waals surface area contributed by atoms with Crippen molar-refractivity contribution in [2.75, 3.05) is 19.8 Å². The number of benzene rings is 2. The van der Waals surface area contributed by atoms with Gasteiger partial charge in [0.25, 0.3) is 5.89 Å². The van der Waals surface area contributed by atoms with E-state index in [4.69, 9.17) is 14.0 Å². The quantitative estimate of drug-likeness (QED) is 0.341. The molecule has 4 aromatic rings. The standard InChI is InChI=1S/C26H27FN4O4/c1-3-33-22-12-7-18(16-23(22)34-4-2)13-14-28-24(32)17-31-15-5-6-21(31)26-29-25(30-35-26)19-8-10-20(27)11-9-19/h5-12,15-16H,3-4,13-14,17H2,1-2H3,(H,28,32). The van der Waals surface area contributed by atoms with Gasteiger partial charge in [0.1, 0.15) is 18.1 Å². The summed E-state index contributed by atoms with van der Waals surface area (Å²) in [5.74, 6) is 1.56. The molecule has 0 aliphatic carbocycles. The summed E-state index contributed by atoms with van der Waals surface area (Å²) in [5, 5.41) is 6.91. The highest BCUT2D eigenvalue weighted by Crippen LogP contribution is 2.28. The Morgan fingerprint density at radius 3 is 2.60 bits per heavy atom. The highest BCUT2D eigenvalue weighted by atomic mass is 19.1. The van der Waals surface area contributed by atoms with E-state index in [1.807, 2.05) is 32.0 Å². The van der Waals surface area contributed by atoms with Gasteiger partial charge >= 0.3 is 0 Å². The lowest BCUT2D eigenvalue weighted by molar-refractivity contribution is -0.121. The molecule has 2 heterocycles. The zero-order valence-electron chi connectivity index (χ0n) is 19.7. The van der Waals surface area contributed by atoms with Gasteiger partial charge in [0.05, 0.1) is 13.2 Å². The number of nitrogens with one attached hydrogen (secondary N) is 1. The second-order valence-electron chi connectivity index (χ2n) is 7.70. The summed E-state index contributed by atoms with van der Waals surface area (Å²) in [6.45, 7) is 5.54. The van der Waals surface area contributed by atoms with E-state index in [0.717, 1.165) is 5.56 Å². The molecule has 1 N–H and O–H groups in total. The van der Waals surface area contributed by atoms with Crippen LogP contribution in [0.1, 0.15) is 19.4 Å². The van der Waals surface area contributed by atoms with Gasteiger partial charge in [-0.3, -0.25) is 4.79 Å². The monoisotopic (exact) mass is 478 g/mol. The molecule has 0 saturated carbocycles. The summed E-state index contributed by atoms with van der Waals surface area (Å²) in [5.41, 5.74) is 2.30. The Morgan fingerprint density at radius 1 is 1.06 bits per heavy atom. The van der Waals surface area contributed by atoms with Crippen LogP contribution in [0.4, 0.5) is 4.39 Å². The SMILES string of the molecule is CCOc1ccc(CCNC(=O)Cn2cccc2-c2nc(-c3ccc(F)cc3)no2)cc1OCC. The third-order valence-corrected chi connectivity index (χ3v) is 5.23. The number of aromatic nitrogens is 3. The van der Waals surface area contributed by atoms with E-state index in [1.165, 1.54) is 12.1 Å². The highest BCUT2D eigenvalue weighted by Gasteiger charge is 2.16. The summed E-state index contributed by atoms with van der Waals surface area (Å²) in [6.07, 6.45) is 2.43. The average Bonchev–Trinajstić information content (AvgIpc) is 3.51. The number of carbonyl (C=O) groups is 1. The molecule has 9 heteroatoms. The van der Waals surface area contributed by atoms with Crippen LogP contribution in [0.3, 0.4) is 0 Å². The molecule has 35 heavy (non-hydrogen) atoms. The van der Waals surface area contributed by atoms with Gasteiger partial charge in [-0.1, -0.05) is 11.2 Å². The van der Waals surface area contributed by atoms with Crippen LogP contribution in [-0.4, -0.2) is 40.4 Å². The van der Waals surface area contributed by atoms with E-state index in [-0.39, 0.29) is 24.2 Å². The molecule has 0 atom stereocenters. The Morgan fingerprint density at radius 2 is 1.83 bits per heavy atom. The number of hydrogen-bond donors (Lipinski definition) is 1. The Kier molecular flexibility index (Phi) is 7.77. The second-order valence-corrected chi connectivity index (χ2v) is 7.70. The maximum atomic E-state index is 13.2. The first-order chi connectivity index (χ1) is 17.1. The molecule has 2 aromatic heterocycles. The third kappa shape index (κ3) is 6.06. The van der Waals surface area contributed by atoms with Crippen LogP contribution in [0.25, 0.3) is 23.0 Å². The number of hydrogen-bond acceptors (Lipinski definition) is 6. The Bertz CT molecular complexity index is 1270. The van der Waals surface area contributed by atoms with E-state index >= 15 is 0 Å².